The van der Waals surface area contributed by atoms with E-state index >= 15 is 0 Å². The zero-order valence-electron chi connectivity index (χ0n) is 19.8. The van der Waals surface area contributed by atoms with Crippen LogP contribution in [0.2, 0.25) is 0 Å². The number of hydrogen-bond acceptors (Lipinski definition) is 6. The number of ether oxygens (including phenoxy) is 2. The van der Waals surface area contributed by atoms with Gasteiger partial charge in [-0.3, -0.25) is 5.32 Å². The van der Waals surface area contributed by atoms with Gasteiger partial charge < -0.3 is 20.1 Å². The summed E-state index contributed by atoms with van der Waals surface area (Å²) in [5.41, 5.74) is 9.88. The van der Waals surface area contributed by atoms with E-state index in [1.807, 2.05) is 52.2 Å². The van der Waals surface area contributed by atoms with Crippen LogP contribution in [0.3, 0.4) is 0 Å². The molecule has 1 unspecified atom stereocenters. The Morgan fingerprint density at radius 2 is 1.94 bits per heavy atom. The monoisotopic (exact) mass is 428 g/mol. The zero-order valence-corrected chi connectivity index (χ0v) is 19.8. The molecule has 0 bridgehead atoms. The van der Waals surface area contributed by atoms with Crippen molar-refractivity contribution in [3.8, 4) is 16.9 Å². The highest BCUT2D eigenvalue weighted by Gasteiger charge is 2.22. The van der Waals surface area contributed by atoms with E-state index in [4.69, 9.17) is 10.5 Å². The molecule has 31 heavy (non-hydrogen) atoms. The van der Waals surface area contributed by atoms with Gasteiger partial charge in [0.15, 0.2) is 0 Å². The number of amides is 1. The van der Waals surface area contributed by atoms with Crippen molar-refractivity contribution in [1.29, 1.82) is 0 Å². The van der Waals surface area contributed by atoms with Crippen LogP contribution in [-0.4, -0.2) is 49.3 Å². The summed E-state index contributed by atoms with van der Waals surface area (Å²) in [5.74, 6) is 1.78. The molecule has 0 spiro atoms. The highest BCUT2D eigenvalue weighted by atomic mass is 16.5. The van der Waals surface area contributed by atoms with E-state index in [9.17, 15) is 4.79 Å². The minimum Gasteiger partial charge on any atom is -0.491 e. The molecule has 7 nitrogen and oxygen atoms in total. The maximum Gasteiger partial charge on any atom is 0.412 e. The highest BCUT2D eigenvalue weighted by molar-refractivity contribution is 5.84. The normalized spacial score (nSPS) is 13.2. The fourth-order valence-corrected chi connectivity index (χ4v) is 3.65. The van der Waals surface area contributed by atoms with Gasteiger partial charge in [-0.1, -0.05) is 19.9 Å². The van der Waals surface area contributed by atoms with Crippen LogP contribution < -0.4 is 15.8 Å². The van der Waals surface area contributed by atoms with Crippen LogP contribution in [0.25, 0.3) is 11.1 Å². The Kier molecular flexibility index (Phi) is 8.42. The number of aryl methyl sites for hydroxylation is 1. The predicted octanol–water partition coefficient (Wildman–Crippen LogP) is 4.44. The number of carbonyl (C=O) groups is 1. The molecule has 3 N–H and O–H groups in total. The molecule has 1 heterocycles. The number of nitrogens with two attached hydrogens (primary N) is 1. The Morgan fingerprint density at radius 3 is 2.55 bits per heavy atom. The van der Waals surface area contributed by atoms with Crippen LogP contribution >= 0.6 is 0 Å². The van der Waals surface area contributed by atoms with Crippen molar-refractivity contribution in [2.24, 2.45) is 11.7 Å². The molecule has 0 aliphatic rings. The van der Waals surface area contributed by atoms with Gasteiger partial charge in [0.2, 0.25) is 0 Å². The lowest BCUT2D eigenvalue weighted by atomic mass is 9.93. The first-order valence-corrected chi connectivity index (χ1v) is 10.5. The van der Waals surface area contributed by atoms with Gasteiger partial charge in [-0.05, 0) is 75.7 Å². The Hall–Kier alpha value is -2.64. The van der Waals surface area contributed by atoms with Crippen molar-refractivity contribution in [2.45, 2.75) is 46.2 Å². The smallest absolute Gasteiger partial charge is 0.412 e. The topological polar surface area (TPSA) is 89.7 Å². The number of methoxy groups -OCH3 is 1. The number of anilines is 1. The number of nitrogens with one attached hydrogen (secondary N) is 1. The summed E-state index contributed by atoms with van der Waals surface area (Å²) in [6.07, 6.45) is 0.340. The van der Waals surface area contributed by atoms with E-state index in [0.717, 1.165) is 41.1 Å². The zero-order chi connectivity index (χ0) is 23.2. The van der Waals surface area contributed by atoms with Gasteiger partial charge in [-0.15, -0.1) is 0 Å². The molecule has 1 atom stereocenters. The fourth-order valence-electron chi connectivity index (χ4n) is 3.65. The molecule has 0 saturated carbocycles. The maximum absolute atomic E-state index is 11.6. The summed E-state index contributed by atoms with van der Waals surface area (Å²) in [6, 6.07) is 9.93. The number of hydrogen-bond donors (Lipinski definition) is 2. The van der Waals surface area contributed by atoms with Gasteiger partial charge in [0, 0.05) is 23.3 Å². The Morgan fingerprint density at radius 1 is 1.23 bits per heavy atom. The number of nitrogens with zero attached hydrogens (tertiary/aromatic N) is 2. The molecule has 170 valence electrons. The second-order valence-corrected chi connectivity index (χ2v) is 9.10. The molecule has 0 radical (unpaired) electrons. The van der Waals surface area contributed by atoms with Crippen molar-refractivity contribution >= 4 is 11.9 Å². The standard InChI is InChI=1S/C24H36N4O3/c1-16(2)13-24(4,25)15-31-21-9-8-18(11-20(21)14-28(5)6)19-10-17(3)26-22(12-19)27-23(29)30-7/h8-12,16H,13-15,25H2,1-7H3,(H,26,27,29). The van der Waals surface area contributed by atoms with Crippen LogP contribution in [0, 0.1) is 12.8 Å². The SMILES string of the molecule is COC(=O)Nc1cc(-c2ccc(OCC(C)(N)CC(C)C)c(CN(C)C)c2)cc(C)n1. The van der Waals surface area contributed by atoms with Crippen LogP contribution in [0.1, 0.15) is 38.4 Å². The minimum atomic E-state index is -0.549. The molecule has 7 heteroatoms. The van der Waals surface area contributed by atoms with Crippen LogP contribution in [0.5, 0.6) is 5.75 Å². The molecule has 0 aliphatic carbocycles. The molecular weight excluding hydrogens is 392 g/mol. The maximum atomic E-state index is 11.6. The van der Waals surface area contributed by atoms with E-state index in [1.54, 1.807) is 0 Å². The first-order valence-electron chi connectivity index (χ1n) is 10.5. The van der Waals surface area contributed by atoms with Crippen LogP contribution in [0.4, 0.5) is 10.6 Å². The lowest BCUT2D eigenvalue weighted by Crippen LogP contribution is -2.43. The molecule has 0 saturated heterocycles. The molecule has 0 aliphatic heterocycles. The number of pyridine rings is 1. The van der Waals surface area contributed by atoms with Crippen LogP contribution in [-0.2, 0) is 11.3 Å². The van der Waals surface area contributed by atoms with Gasteiger partial charge >= 0.3 is 6.09 Å². The lowest BCUT2D eigenvalue weighted by Gasteiger charge is -2.27. The average Bonchev–Trinajstić information content (AvgIpc) is 2.65. The van der Waals surface area contributed by atoms with Gasteiger partial charge in [0.25, 0.3) is 0 Å². The van der Waals surface area contributed by atoms with E-state index in [0.29, 0.717) is 18.3 Å². The molecule has 1 aromatic carbocycles. The average molecular weight is 429 g/mol. The summed E-state index contributed by atoms with van der Waals surface area (Å²) in [7, 11) is 5.38. The summed E-state index contributed by atoms with van der Waals surface area (Å²) < 4.78 is 10.8. The van der Waals surface area contributed by atoms with E-state index in [2.05, 4.69) is 39.9 Å². The van der Waals surface area contributed by atoms with E-state index < -0.39 is 6.09 Å². The largest absolute Gasteiger partial charge is 0.491 e. The van der Waals surface area contributed by atoms with Gasteiger partial charge in [-0.25, -0.2) is 9.78 Å². The van der Waals surface area contributed by atoms with Crippen molar-refractivity contribution in [3.63, 3.8) is 0 Å². The minimum absolute atomic E-state index is 0.390. The second-order valence-electron chi connectivity index (χ2n) is 9.10. The lowest BCUT2D eigenvalue weighted by molar-refractivity contribution is 0.187. The third-order valence-corrected chi connectivity index (χ3v) is 4.68. The Balaban J connectivity index is 2.33. The summed E-state index contributed by atoms with van der Waals surface area (Å²) in [6.45, 7) is 9.43. The molecule has 2 aromatic rings. The van der Waals surface area contributed by atoms with Gasteiger partial charge in [-0.2, -0.15) is 0 Å². The van der Waals surface area contributed by atoms with Crippen molar-refractivity contribution < 1.29 is 14.3 Å². The number of carbonyl (C=O) groups excluding carboxylic acids is 1. The number of benzene rings is 1. The summed E-state index contributed by atoms with van der Waals surface area (Å²) >= 11 is 0. The number of rotatable bonds is 9. The van der Waals surface area contributed by atoms with Crippen LogP contribution in [0.15, 0.2) is 30.3 Å². The van der Waals surface area contributed by atoms with Crippen molar-refractivity contribution in [3.05, 3.63) is 41.6 Å². The first-order chi connectivity index (χ1) is 14.5. The second kappa shape index (κ2) is 10.6. The Bertz CT molecular complexity index is 894. The first kappa shape index (κ1) is 24.6. The summed E-state index contributed by atoms with van der Waals surface area (Å²) in [5, 5.41) is 2.63. The third kappa shape index (κ3) is 7.84. The molecule has 1 aromatic heterocycles. The fraction of sp³-hybridized carbons (Fsp3) is 0.500. The highest BCUT2D eigenvalue weighted by Crippen LogP contribution is 2.30. The van der Waals surface area contributed by atoms with E-state index in [-0.39, 0.29) is 5.54 Å². The Labute approximate surface area is 185 Å². The van der Waals surface area contributed by atoms with Gasteiger partial charge in [0.05, 0.1) is 7.11 Å². The third-order valence-electron chi connectivity index (χ3n) is 4.68. The molecule has 0 fully saturated rings. The predicted molar refractivity (Wildman–Crippen MR) is 125 cm³/mol. The van der Waals surface area contributed by atoms with Gasteiger partial charge in [0.1, 0.15) is 18.2 Å². The summed E-state index contributed by atoms with van der Waals surface area (Å²) in [4.78, 5) is 18.0. The molecular formula is C24H36N4O3. The quantitative estimate of drug-likeness (QED) is 0.614. The van der Waals surface area contributed by atoms with E-state index in [1.165, 1.54) is 7.11 Å². The number of aromatic nitrogens is 1. The van der Waals surface area contributed by atoms with Crippen molar-refractivity contribution in [1.82, 2.24) is 9.88 Å². The molecule has 2 rings (SSSR count). The van der Waals surface area contributed by atoms with Crippen molar-refractivity contribution in [2.75, 3.05) is 33.1 Å². The molecule has 1 amide bonds.